The molecule has 166 valence electrons. The van der Waals surface area contributed by atoms with Crippen LogP contribution in [-0.2, 0) is 22.6 Å². The Balaban J connectivity index is 0.00000420. The minimum Gasteiger partial charge on any atom is -0.396 e. The predicted octanol–water partition coefficient (Wildman–Crippen LogP) is 2.84. The smallest absolute Gasteiger partial charge is 0.396 e. The molecule has 0 aromatic heterocycles. The number of rotatable bonds is 9. The summed E-state index contributed by atoms with van der Waals surface area (Å²) < 4.78 is 46.7. The molecule has 0 saturated carbocycles. The van der Waals surface area contributed by atoms with Gasteiger partial charge in [0.25, 0.3) is 0 Å². The van der Waals surface area contributed by atoms with Crippen molar-refractivity contribution in [2.45, 2.75) is 32.2 Å². The zero-order chi connectivity index (χ0) is 20.5. The van der Waals surface area contributed by atoms with Gasteiger partial charge in [0.05, 0.1) is 13.2 Å². The largest absolute Gasteiger partial charge is 0.411 e. The van der Waals surface area contributed by atoms with Crippen molar-refractivity contribution in [2.75, 3.05) is 40.0 Å². The maximum Gasteiger partial charge on any atom is 0.411 e. The topological polar surface area (TPSA) is 75.1 Å². The predicted molar refractivity (Wildman–Crippen MR) is 115 cm³/mol. The Morgan fingerprint density at radius 3 is 2.69 bits per heavy atom. The third-order valence-electron chi connectivity index (χ3n) is 4.67. The number of aliphatic hydroxyl groups excluding tert-OH is 1. The van der Waals surface area contributed by atoms with Crippen molar-refractivity contribution in [1.29, 1.82) is 0 Å². The zero-order valence-corrected chi connectivity index (χ0v) is 18.8. The third kappa shape index (κ3) is 9.49. The van der Waals surface area contributed by atoms with Gasteiger partial charge in [-0.25, -0.2) is 0 Å². The summed E-state index contributed by atoms with van der Waals surface area (Å²) in [6.07, 6.45) is -2.77. The van der Waals surface area contributed by atoms with Crippen LogP contribution in [-0.4, -0.2) is 57.3 Å². The van der Waals surface area contributed by atoms with Crippen LogP contribution in [0.2, 0.25) is 0 Å². The Labute approximate surface area is 186 Å². The van der Waals surface area contributed by atoms with Gasteiger partial charge in [-0.1, -0.05) is 24.3 Å². The summed E-state index contributed by atoms with van der Waals surface area (Å²) >= 11 is 0. The van der Waals surface area contributed by atoms with Crippen LogP contribution in [0, 0.1) is 5.41 Å². The second kappa shape index (κ2) is 12.6. The Morgan fingerprint density at radius 1 is 1.31 bits per heavy atom. The lowest BCUT2D eigenvalue weighted by Gasteiger charge is -2.27. The number of nitrogens with one attached hydrogen (secondary N) is 2. The van der Waals surface area contributed by atoms with Crippen LogP contribution < -0.4 is 10.6 Å². The maximum absolute atomic E-state index is 12.2. The van der Waals surface area contributed by atoms with Gasteiger partial charge in [0, 0.05) is 38.8 Å². The molecule has 0 radical (unpaired) electrons. The summed E-state index contributed by atoms with van der Waals surface area (Å²) in [5.74, 6) is 0.614. The zero-order valence-electron chi connectivity index (χ0n) is 16.4. The fraction of sp³-hybridized carbons (Fsp3) is 0.632. The van der Waals surface area contributed by atoms with E-state index in [1.807, 2.05) is 6.07 Å². The molecule has 1 aromatic rings. The van der Waals surface area contributed by atoms with E-state index < -0.39 is 12.8 Å². The molecule has 1 fully saturated rings. The lowest BCUT2D eigenvalue weighted by molar-refractivity contribution is -0.176. The first-order valence-corrected chi connectivity index (χ1v) is 9.21. The van der Waals surface area contributed by atoms with Crippen LogP contribution in [0.25, 0.3) is 0 Å². The van der Waals surface area contributed by atoms with Crippen molar-refractivity contribution in [3.8, 4) is 0 Å². The number of hydrogen-bond donors (Lipinski definition) is 3. The van der Waals surface area contributed by atoms with Gasteiger partial charge in [0.15, 0.2) is 5.96 Å². The normalized spacial score (nSPS) is 19.7. The van der Waals surface area contributed by atoms with Gasteiger partial charge in [0.2, 0.25) is 0 Å². The number of benzene rings is 1. The van der Waals surface area contributed by atoms with Gasteiger partial charge in [-0.2, -0.15) is 13.2 Å². The number of aliphatic hydroxyl groups is 1. The Hall–Kier alpha value is -1.11. The average Bonchev–Trinajstić information content (AvgIpc) is 3.10. The third-order valence-corrected chi connectivity index (χ3v) is 4.67. The molecular formula is C19H29F3IN3O3. The van der Waals surface area contributed by atoms with E-state index in [0.717, 1.165) is 12.0 Å². The van der Waals surface area contributed by atoms with Gasteiger partial charge in [-0.15, -0.1) is 24.0 Å². The number of nitrogens with zero attached hydrogens (tertiary/aromatic N) is 1. The van der Waals surface area contributed by atoms with Gasteiger partial charge >= 0.3 is 6.18 Å². The van der Waals surface area contributed by atoms with E-state index in [2.05, 4.69) is 15.6 Å². The first-order chi connectivity index (χ1) is 13.4. The molecule has 1 atom stereocenters. The van der Waals surface area contributed by atoms with Crippen LogP contribution in [0.5, 0.6) is 0 Å². The van der Waals surface area contributed by atoms with Crippen molar-refractivity contribution >= 4 is 29.9 Å². The number of aliphatic imine (C=N–C) groups is 1. The fourth-order valence-corrected chi connectivity index (χ4v) is 3.10. The fourth-order valence-electron chi connectivity index (χ4n) is 3.10. The van der Waals surface area contributed by atoms with Crippen molar-refractivity contribution < 1.29 is 27.8 Å². The minimum absolute atomic E-state index is 0. The quantitative estimate of drug-likeness (QED) is 0.260. The highest BCUT2D eigenvalue weighted by Gasteiger charge is 2.34. The van der Waals surface area contributed by atoms with Crippen molar-refractivity contribution in [3.63, 3.8) is 0 Å². The molecule has 0 bridgehead atoms. The van der Waals surface area contributed by atoms with Crippen LogP contribution in [0.3, 0.4) is 0 Å². The molecule has 2 rings (SSSR count). The van der Waals surface area contributed by atoms with Crippen LogP contribution in [0.4, 0.5) is 13.2 Å². The number of halogens is 4. The maximum atomic E-state index is 12.2. The van der Waals surface area contributed by atoms with Crippen molar-refractivity contribution in [3.05, 3.63) is 35.4 Å². The first-order valence-electron chi connectivity index (χ1n) is 9.21. The van der Waals surface area contributed by atoms with E-state index in [0.29, 0.717) is 44.2 Å². The Bertz CT molecular complexity index is 639. The summed E-state index contributed by atoms with van der Waals surface area (Å²) in [4.78, 5) is 4.20. The second-order valence-electron chi connectivity index (χ2n) is 6.98. The lowest BCUT2D eigenvalue weighted by Crippen LogP contribution is -2.44. The SMILES string of the molecule is CN=C(NCc1cccc(COCC(F)(F)F)c1)NCC1(CCO)CCOC1.I. The van der Waals surface area contributed by atoms with E-state index in [4.69, 9.17) is 9.47 Å². The summed E-state index contributed by atoms with van der Waals surface area (Å²) in [5.41, 5.74) is 1.49. The van der Waals surface area contributed by atoms with Crippen molar-refractivity contribution in [2.24, 2.45) is 10.4 Å². The molecule has 1 saturated heterocycles. The van der Waals surface area contributed by atoms with Crippen molar-refractivity contribution in [1.82, 2.24) is 10.6 Å². The molecule has 1 heterocycles. The number of ether oxygens (including phenoxy) is 2. The highest BCUT2D eigenvalue weighted by molar-refractivity contribution is 14.0. The highest BCUT2D eigenvalue weighted by Crippen LogP contribution is 2.31. The molecule has 1 unspecified atom stereocenters. The Morgan fingerprint density at radius 2 is 2.07 bits per heavy atom. The first kappa shape index (κ1) is 25.9. The van der Waals surface area contributed by atoms with Gasteiger partial charge in [0.1, 0.15) is 6.61 Å². The molecule has 6 nitrogen and oxygen atoms in total. The second-order valence-corrected chi connectivity index (χ2v) is 6.98. The number of guanidine groups is 1. The van der Waals surface area contributed by atoms with E-state index in [1.54, 1.807) is 25.2 Å². The molecule has 0 aliphatic carbocycles. The lowest BCUT2D eigenvalue weighted by atomic mass is 9.84. The van der Waals surface area contributed by atoms with Gasteiger partial charge in [-0.3, -0.25) is 4.99 Å². The molecule has 0 spiro atoms. The molecular weight excluding hydrogens is 502 g/mol. The number of alkyl halides is 3. The van der Waals surface area contributed by atoms with E-state index in [1.165, 1.54) is 0 Å². The summed E-state index contributed by atoms with van der Waals surface area (Å²) in [5, 5.41) is 15.8. The Kier molecular flexibility index (Phi) is 11.2. The standard InChI is InChI=1S/C19H28F3N3O3.HI/c1-23-17(25-12-18(5-7-26)6-8-27-13-18)24-10-15-3-2-4-16(9-15)11-28-14-19(20,21)22;/h2-4,9,26H,5-8,10-14H2,1H3,(H2,23,24,25);1H. The molecule has 1 aromatic carbocycles. The van der Waals surface area contributed by atoms with E-state index in [9.17, 15) is 18.3 Å². The average molecular weight is 531 g/mol. The highest BCUT2D eigenvalue weighted by atomic mass is 127. The van der Waals surface area contributed by atoms with Crippen LogP contribution in [0.1, 0.15) is 24.0 Å². The number of hydrogen-bond acceptors (Lipinski definition) is 4. The van der Waals surface area contributed by atoms with Gasteiger partial charge < -0.3 is 25.2 Å². The monoisotopic (exact) mass is 531 g/mol. The molecule has 10 heteroatoms. The van der Waals surface area contributed by atoms with E-state index >= 15 is 0 Å². The minimum atomic E-state index is -4.32. The van der Waals surface area contributed by atoms with Crippen LogP contribution in [0.15, 0.2) is 29.3 Å². The summed E-state index contributed by atoms with van der Waals surface area (Å²) in [7, 11) is 1.67. The molecule has 1 aliphatic heterocycles. The summed E-state index contributed by atoms with van der Waals surface area (Å²) in [6.45, 7) is 1.17. The molecule has 3 N–H and O–H groups in total. The van der Waals surface area contributed by atoms with E-state index in [-0.39, 0.29) is 42.6 Å². The summed E-state index contributed by atoms with van der Waals surface area (Å²) in [6, 6.07) is 7.19. The molecule has 1 aliphatic rings. The molecule has 0 amide bonds. The molecule has 29 heavy (non-hydrogen) atoms. The van der Waals surface area contributed by atoms with Gasteiger partial charge in [-0.05, 0) is 24.0 Å². The van der Waals surface area contributed by atoms with Crippen LogP contribution >= 0.6 is 24.0 Å².